The van der Waals surface area contributed by atoms with Crippen LogP contribution in [-0.4, -0.2) is 36.3 Å². The summed E-state index contributed by atoms with van der Waals surface area (Å²) in [6.07, 6.45) is -1.02. The summed E-state index contributed by atoms with van der Waals surface area (Å²) >= 11 is 0. The maximum Gasteiger partial charge on any atom is 0.186 e. The van der Waals surface area contributed by atoms with Gasteiger partial charge in [0.25, 0.3) is 0 Å². The van der Waals surface area contributed by atoms with Gasteiger partial charge in [-0.25, -0.2) is 0 Å². The van der Waals surface area contributed by atoms with Crippen LogP contribution in [0.15, 0.2) is 30.3 Å². The summed E-state index contributed by atoms with van der Waals surface area (Å²) in [4.78, 5) is 0. The van der Waals surface area contributed by atoms with Crippen molar-refractivity contribution >= 4 is 0 Å². The lowest BCUT2D eigenvalue weighted by atomic mass is 10.1. The van der Waals surface area contributed by atoms with E-state index in [9.17, 15) is 5.11 Å². The van der Waals surface area contributed by atoms with Crippen LogP contribution in [0.5, 0.6) is 0 Å². The van der Waals surface area contributed by atoms with Crippen LogP contribution in [0.25, 0.3) is 0 Å². The topological polar surface area (TPSA) is 51.2 Å². The number of aliphatic hydroxyl groups excluding tert-OH is 1. The summed E-state index contributed by atoms with van der Waals surface area (Å²) < 4.78 is 16.3. The minimum atomic E-state index is -0.499. The van der Waals surface area contributed by atoms with E-state index in [1.807, 2.05) is 30.3 Å². The molecular formula is C12H14O4. The molecule has 4 nitrogen and oxygen atoms in total. The third kappa shape index (κ3) is 1.97. The molecule has 2 aliphatic rings. The minimum Gasteiger partial charge on any atom is -0.388 e. The van der Waals surface area contributed by atoms with Gasteiger partial charge in [-0.05, 0) is 5.56 Å². The fourth-order valence-corrected chi connectivity index (χ4v) is 1.94. The molecule has 4 heteroatoms. The van der Waals surface area contributed by atoms with E-state index in [1.54, 1.807) is 0 Å². The molecule has 0 saturated carbocycles. The average molecular weight is 222 g/mol. The Morgan fingerprint density at radius 2 is 2.06 bits per heavy atom. The summed E-state index contributed by atoms with van der Waals surface area (Å²) in [5.74, 6) is 0. The number of benzene rings is 1. The predicted molar refractivity (Wildman–Crippen MR) is 55.6 cm³/mol. The molecule has 4 atom stereocenters. The zero-order valence-corrected chi connectivity index (χ0v) is 8.78. The van der Waals surface area contributed by atoms with Crippen LogP contribution in [0.3, 0.4) is 0 Å². The molecule has 2 aliphatic heterocycles. The Hall–Kier alpha value is -0.940. The Balaban J connectivity index is 1.53. The maximum absolute atomic E-state index is 9.42. The second-order valence-electron chi connectivity index (χ2n) is 4.13. The molecule has 3 rings (SSSR count). The van der Waals surface area contributed by atoms with Crippen LogP contribution >= 0.6 is 0 Å². The lowest BCUT2D eigenvalue weighted by Crippen LogP contribution is -2.38. The number of rotatable bonds is 3. The smallest absolute Gasteiger partial charge is 0.186 e. The van der Waals surface area contributed by atoms with Gasteiger partial charge in [0, 0.05) is 0 Å². The first-order valence-corrected chi connectivity index (χ1v) is 5.45. The number of ether oxygens (including phenoxy) is 3. The van der Waals surface area contributed by atoms with Crippen LogP contribution in [-0.2, 0) is 20.8 Å². The third-order valence-electron chi connectivity index (χ3n) is 2.90. The van der Waals surface area contributed by atoms with Gasteiger partial charge in [-0.15, -0.1) is 0 Å². The van der Waals surface area contributed by atoms with E-state index in [-0.39, 0.29) is 18.5 Å². The highest BCUT2D eigenvalue weighted by Crippen LogP contribution is 2.35. The normalized spacial score (nSPS) is 36.8. The Labute approximate surface area is 93.7 Å². The lowest BCUT2D eigenvalue weighted by molar-refractivity contribution is -0.182. The predicted octanol–water partition coefficient (Wildman–Crippen LogP) is 0.688. The number of hydrogen-bond acceptors (Lipinski definition) is 4. The van der Waals surface area contributed by atoms with Crippen molar-refractivity contribution in [2.45, 2.75) is 31.2 Å². The molecule has 2 saturated heterocycles. The molecule has 1 aromatic carbocycles. The molecule has 0 bridgehead atoms. The number of aliphatic hydroxyl groups is 1. The molecule has 0 spiro atoms. The van der Waals surface area contributed by atoms with Crippen LogP contribution in [0.1, 0.15) is 5.56 Å². The summed E-state index contributed by atoms with van der Waals surface area (Å²) in [6.45, 7) is 0.800. The van der Waals surface area contributed by atoms with E-state index in [1.165, 1.54) is 0 Å². The lowest BCUT2D eigenvalue weighted by Gasteiger charge is -2.22. The third-order valence-corrected chi connectivity index (χ3v) is 2.90. The zero-order valence-electron chi connectivity index (χ0n) is 8.78. The largest absolute Gasteiger partial charge is 0.388 e. The van der Waals surface area contributed by atoms with E-state index < -0.39 is 6.10 Å². The van der Waals surface area contributed by atoms with Crippen molar-refractivity contribution in [3.05, 3.63) is 35.9 Å². The van der Waals surface area contributed by atoms with E-state index in [4.69, 9.17) is 14.2 Å². The minimum absolute atomic E-state index is 0.0884. The molecule has 16 heavy (non-hydrogen) atoms. The maximum atomic E-state index is 9.42. The fourth-order valence-electron chi connectivity index (χ4n) is 1.94. The highest BCUT2D eigenvalue weighted by Gasteiger charge is 2.54. The average Bonchev–Trinajstić information content (AvgIpc) is 3.11. The van der Waals surface area contributed by atoms with E-state index >= 15 is 0 Å². The standard InChI is InChI=1S/C12H14O4/c13-9-7-15-12(11-10(9)16-11)14-6-8-4-2-1-3-5-8/h1-5,9-13H,6-7H2/t9-,10+,11+,12-/m0/s1. The number of epoxide rings is 1. The molecule has 0 aliphatic carbocycles. The second-order valence-corrected chi connectivity index (χ2v) is 4.13. The highest BCUT2D eigenvalue weighted by atomic mass is 16.7. The van der Waals surface area contributed by atoms with Crippen molar-refractivity contribution in [2.24, 2.45) is 0 Å². The number of hydrogen-bond donors (Lipinski definition) is 1. The Morgan fingerprint density at radius 1 is 1.25 bits per heavy atom. The Bertz CT molecular complexity index is 353. The van der Waals surface area contributed by atoms with Crippen LogP contribution < -0.4 is 0 Å². The van der Waals surface area contributed by atoms with Gasteiger partial charge in [0.15, 0.2) is 6.29 Å². The van der Waals surface area contributed by atoms with Gasteiger partial charge in [-0.1, -0.05) is 30.3 Å². The van der Waals surface area contributed by atoms with Crippen molar-refractivity contribution in [2.75, 3.05) is 6.61 Å². The molecule has 2 fully saturated rings. The van der Waals surface area contributed by atoms with Crippen molar-refractivity contribution in [3.8, 4) is 0 Å². The van der Waals surface area contributed by atoms with Crippen molar-refractivity contribution in [1.29, 1.82) is 0 Å². The van der Waals surface area contributed by atoms with Crippen LogP contribution in [0.4, 0.5) is 0 Å². The van der Waals surface area contributed by atoms with Crippen molar-refractivity contribution in [1.82, 2.24) is 0 Å². The molecule has 2 heterocycles. The molecule has 86 valence electrons. The zero-order chi connectivity index (χ0) is 11.0. The highest BCUT2D eigenvalue weighted by molar-refractivity contribution is 5.13. The van der Waals surface area contributed by atoms with Gasteiger partial charge in [0.1, 0.15) is 18.3 Å². The SMILES string of the molecule is O[C@H]1CO[C@H](OCc2ccccc2)[C@@H]2O[C@@H]21. The monoisotopic (exact) mass is 222 g/mol. The summed E-state index contributed by atoms with van der Waals surface area (Å²) in [7, 11) is 0. The molecule has 0 unspecified atom stereocenters. The van der Waals surface area contributed by atoms with Gasteiger partial charge in [0.2, 0.25) is 0 Å². The Morgan fingerprint density at radius 3 is 2.88 bits per heavy atom. The first-order chi connectivity index (χ1) is 7.84. The van der Waals surface area contributed by atoms with E-state index in [0.717, 1.165) is 5.56 Å². The van der Waals surface area contributed by atoms with Crippen molar-refractivity contribution in [3.63, 3.8) is 0 Å². The van der Waals surface area contributed by atoms with Gasteiger partial charge in [-0.3, -0.25) is 0 Å². The van der Waals surface area contributed by atoms with E-state index in [2.05, 4.69) is 0 Å². The second kappa shape index (κ2) is 4.14. The van der Waals surface area contributed by atoms with Gasteiger partial charge in [-0.2, -0.15) is 0 Å². The first-order valence-electron chi connectivity index (χ1n) is 5.45. The molecule has 0 aromatic heterocycles. The molecule has 1 aromatic rings. The molecular weight excluding hydrogens is 208 g/mol. The van der Waals surface area contributed by atoms with Gasteiger partial charge >= 0.3 is 0 Å². The summed E-state index contributed by atoms with van der Waals surface area (Å²) in [6, 6.07) is 9.92. The molecule has 0 amide bonds. The Kier molecular flexibility index (Phi) is 2.65. The molecule has 1 N–H and O–H groups in total. The van der Waals surface area contributed by atoms with Gasteiger partial charge in [0.05, 0.1) is 13.2 Å². The quantitative estimate of drug-likeness (QED) is 0.764. The van der Waals surface area contributed by atoms with E-state index in [0.29, 0.717) is 13.2 Å². The van der Waals surface area contributed by atoms with Crippen LogP contribution in [0.2, 0.25) is 0 Å². The molecule has 0 radical (unpaired) electrons. The fraction of sp³-hybridized carbons (Fsp3) is 0.500. The summed E-state index contributed by atoms with van der Waals surface area (Å²) in [5.41, 5.74) is 1.11. The summed E-state index contributed by atoms with van der Waals surface area (Å²) in [5, 5.41) is 9.42. The van der Waals surface area contributed by atoms with Gasteiger partial charge < -0.3 is 19.3 Å². The van der Waals surface area contributed by atoms with Crippen molar-refractivity contribution < 1.29 is 19.3 Å². The number of fused-ring (bicyclic) bond motifs is 1. The van der Waals surface area contributed by atoms with Crippen LogP contribution in [0, 0.1) is 0 Å². The first kappa shape index (κ1) is 10.2.